The molecule has 0 aliphatic carbocycles. The average molecular weight is 474 g/mol. The Morgan fingerprint density at radius 1 is 1.06 bits per heavy atom. The van der Waals surface area contributed by atoms with Crippen molar-refractivity contribution in [3.63, 3.8) is 0 Å². The van der Waals surface area contributed by atoms with Gasteiger partial charge in [-0.25, -0.2) is 0 Å². The van der Waals surface area contributed by atoms with Crippen LogP contribution in [0.2, 0.25) is 0 Å². The third-order valence-electron chi connectivity index (χ3n) is 6.10. The van der Waals surface area contributed by atoms with Gasteiger partial charge in [-0.05, 0) is 60.5 Å². The van der Waals surface area contributed by atoms with E-state index < -0.39 is 6.04 Å². The molecule has 2 aromatic carbocycles. The molecule has 0 spiro atoms. The number of carbonyl (C=O) groups is 1. The number of aromatic nitrogens is 2. The topological polar surface area (TPSA) is 89.8 Å². The maximum Gasteiger partial charge on any atom is 0.273 e. The zero-order valence-corrected chi connectivity index (χ0v) is 19.9. The molecule has 1 amide bonds. The van der Waals surface area contributed by atoms with E-state index in [9.17, 15) is 4.79 Å². The van der Waals surface area contributed by atoms with Gasteiger partial charge in [0, 0.05) is 11.1 Å². The molecule has 180 valence electrons. The van der Waals surface area contributed by atoms with Gasteiger partial charge in [0.1, 0.15) is 17.2 Å². The monoisotopic (exact) mass is 473 g/mol. The number of H-pyrrole nitrogens is 1. The molecular weight excluding hydrogens is 446 g/mol. The SMILES string of the molecule is CCCOc1ccc(C2c3c(-c4ccc(OC)cc4)n[nH]c3C(=O)N2Cc2ccco2)cc1OC. The quantitative estimate of drug-likeness (QED) is 0.358. The molecule has 4 aromatic rings. The molecule has 2 aromatic heterocycles. The molecule has 1 N–H and O–H groups in total. The highest BCUT2D eigenvalue weighted by Gasteiger charge is 2.42. The molecule has 1 aliphatic heterocycles. The van der Waals surface area contributed by atoms with E-state index in [4.69, 9.17) is 18.6 Å². The molecule has 8 heteroatoms. The first-order chi connectivity index (χ1) is 17.1. The van der Waals surface area contributed by atoms with Crippen LogP contribution < -0.4 is 14.2 Å². The highest BCUT2D eigenvalue weighted by molar-refractivity contribution is 6.00. The van der Waals surface area contributed by atoms with Crippen LogP contribution in [0.4, 0.5) is 0 Å². The number of benzene rings is 2. The predicted molar refractivity (Wildman–Crippen MR) is 130 cm³/mol. The maximum absolute atomic E-state index is 13.6. The lowest BCUT2D eigenvalue weighted by Gasteiger charge is -2.26. The molecule has 1 atom stereocenters. The predicted octanol–water partition coefficient (Wildman–Crippen LogP) is 5.22. The zero-order valence-electron chi connectivity index (χ0n) is 19.9. The van der Waals surface area contributed by atoms with Crippen molar-refractivity contribution in [3.05, 3.63) is 83.4 Å². The molecule has 35 heavy (non-hydrogen) atoms. The smallest absolute Gasteiger partial charge is 0.273 e. The van der Waals surface area contributed by atoms with Gasteiger partial charge in [0.05, 0.1) is 45.4 Å². The van der Waals surface area contributed by atoms with Crippen molar-refractivity contribution in [2.75, 3.05) is 20.8 Å². The fourth-order valence-corrected chi connectivity index (χ4v) is 4.43. The minimum atomic E-state index is -0.396. The molecule has 0 saturated heterocycles. The van der Waals surface area contributed by atoms with Crippen LogP contribution in [0.3, 0.4) is 0 Å². The molecule has 1 aliphatic rings. The number of carbonyl (C=O) groups excluding carboxylic acids is 1. The minimum absolute atomic E-state index is 0.140. The van der Waals surface area contributed by atoms with Crippen LogP contribution in [0.15, 0.2) is 65.3 Å². The molecular formula is C27H27N3O5. The Bertz CT molecular complexity index is 1310. The lowest BCUT2D eigenvalue weighted by Crippen LogP contribution is -2.29. The van der Waals surface area contributed by atoms with Gasteiger partial charge < -0.3 is 23.5 Å². The summed E-state index contributed by atoms with van der Waals surface area (Å²) in [7, 11) is 3.24. The number of rotatable bonds is 9. The number of nitrogens with one attached hydrogen (secondary N) is 1. The van der Waals surface area contributed by atoms with E-state index >= 15 is 0 Å². The number of hydrogen-bond acceptors (Lipinski definition) is 6. The Balaban J connectivity index is 1.62. The molecule has 3 heterocycles. The minimum Gasteiger partial charge on any atom is -0.497 e. The Kier molecular flexibility index (Phi) is 6.18. The van der Waals surface area contributed by atoms with Gasteiger partial charge >= 0.3 is 0 Å². The van der Waals surface area contributed by atoms with Crippen molar-refractivity contribution >= 4 is 5.91 Å². The van der Waals surface area contributed by atoms with Crippen LogP contribution in [-0.2, 0) is 6.54 Å². The van der Waals surface area contributed by atoms with E-state index in [1.165, 1.54) is 0 Å². The normalized spacial score (nSPS) is 14.8. The van der Waals surface area contributed by atoms with Gasteiger partial charge in [-0.3, -0.25) is 9.89 Å². The second kappa shape index (κ2) is 9.58. The standard InChI is InChI=1S/C27H27N3O5/c1-4-13-35-21-12-9-18(15-22(21)33-3)26-23-24(17-7-10-19(32-2)11-8-17)28-29-25(23)27(31)30(26)16-20-6-5-14-34-20/h5-12,14-15,26H,4,13,16H2,1-3H3,(H,28,29). The Hall–Kier alpha value is -4.20. The van der Waals surface area contributed by atoms with Gasteiger partial charge in [0.2, 0.25) is 0 Å². The molecule has 0 bridgehead atoms. The lowest BCUT2D eigenvalue weighted by atomic mass is 9.95. The van der Waals surface area contributed by atoms with Gasteiger partial charge in [-0.15, -0.1) is 0 Å². The summed E-state index contributed by atoms with van der Waals surface area (Å²) in [4.78, 5) is 15.3. The molecule has 8 nitrogen and oxygen atoms in total. The summed E-state index contributed by atoms with van der Waals surface area (Å²) in [5.41, 5.74) is 3.78. The highest BCUT2D eigenvalue weighted by atomic mass is 16.5. The fourth-order valence-electron chi connectivity index (χ4n) is 4.43. The fraction of sp³-hybridized carbons (Fsp3) is 0.259. The van der Waals surface area contributed by atoms with Crippen molar-refractivity contribution in [1.82, 2.24) is 15.1 Å². The zero-order chi connectivity index (χ0) is 24.4. The number of amides is 1. The third kappa shape index (κ3) is 4.12. The summed E-state index contributed by atoms with van der Waals surface area (Å²) in [6.45, 7) is 2.96. The van der Waals surface area contributed by atoms with E-state index in [1.807, 2.05) is 54.6 Å². The first kappa shape index (κ1) is 22.6. The number of fused-ring (bicyclic) bond motifs is 1. The molecule has 1 unspecified atom stereocenters. The lowest BCUT2D eigenvalue weighted by molar-refractivity contribution is 0.0716. The second-order valence-electron chi connectivity index (χ2n) is 8.26. The number of nitrogens with zero attached hydrogens (tertiary/aromatic N) is 2. The van der Waals surface area contributed by atoms with E-state index in [-0.39, 0.29) is 5.91 Å². The number of ether oxygens (including phenoxy) is 3. The summed E-state index contributed by atoms with van der Waals surface area (Å²) in [5.74, 6) is 2.59. The van der Waals surface area contributed by atoms with Crippen molar-refractivity contribution in [2.45, 2.75) is 25.9 Å². The van der Waals surface area contributed by atoms with Gasteiger partial charge in [-0.1, -0.05) is 13.0 Å². The highest BCUT2D eigenvalue weighted by Crippen LogP contribution is 2.45. The largest absolute Gasteiger partial charge is 0.497 e. The summed E-state index contributed by atoms with van der Waals surface area (Å²) >= 11 is 0. The van der Waals surface area contributed by atoms with E-state index in [0.717, 1.165) is 28.9 Å². The Morgan fingerprint density at radius 3 is 2.57 bits per heavy atom. The molecule has 0 radical (unpaired) electrons. The summed E-state index contributed by atoms with van der Waals surface area (Å²) < 4.78 is 22.4. The van der Waals surface area contributed by atoms with E-state index in [2.05, 4.69) is 17.1 Å². The van der Waals surface area contributed by atoms with Crippen LogP contribution in [0.25, 0.3) is 11.3 Å². The number of methoxy groups -OCH3 is 2. The first-order valence-electron chi connectivity index (χ1n) is 11.5. The average Bonchev–Trinajstić information content (AvgIpc) is 3.62. The van der Waals surface area contributed by atoms with Crippen molar-refractivity contribution in [1.29, 1.82) is 0 Å². The number of hydrogen-bond donors (Lipinski definition) is 1. The van der Waals surface area contributed by atoms with Gasteiger partial charge in [0.25, 0.3) is 5.91 Å². The number of furan rings is 1. The van der Waals surface area contributed by atoms with Crippen molar-refractivity contribution in [3.8, 4) is 28.5 Å². The first-order valence-corrected chi connectivity index (χ1v) is 11.5. The van der Waals surface area contributed by atoms with Crippen LogP contribution in [0, 0.1) is 0 Å². The summed E-state index contributed by atoms with van der Waals surface area (Å²) in [5, 5.41) is 7.51. The maximum atomic E-state index is 13.6. The molecule has 5 rings (SSSR count). The van der Waals surface area contributed by atoms with Crippen LogP contribution in [0.5, 0.6) is 17.2 Å². The third-order valence-corrected chi connectivity index (χ3v) is 6.10. The molecule has 0 fully saturated rings. The van der Waals surface area contributed by atoms with E-state index in [1.54, 1.807) is 25.4 Å². The van der Waals surface area contributed by atoms with Crippen LogP contribution >= 0.6 is 0 Å². The van der Waals surface area contributed by atoms with Crippen molar-refractivity contribution in [2.24, 2.45) is 0 Å². The second-order valence-corrected chi connectivity index (χ2v) is 8.26. The summed E-state index contributed by atoms with van der Waals surface area (Å²) in [6.07, 6.45) is 2.50. The van der Waals surface area contributed by atoms with Crippen molar-refractivity contribution < 1.29 is 23.4 Å². The van der Waals surface area contributed by atoms with E-state index in [0.29, 0.717) is 41.8 Å². The van der Waals surface area contributed by atoms with Crippen LogP contribution in [-0.4, -0.2) is 41.8 Å². The van der Waals surface area contributed by atoms with Gasteiger partial charge in [-0.2, -0.15) is 5.10 Å². The Labute approximate surface area is 203 Å². The summed E-state index contributed by atoms with van der Waals surface area (Å²) in [6, 6.07) is 16.7. The Morgan fingerprint density at radius 2 is 1.89 bits per heavy atom. The molecule has 0 saturated carbocycles. The van der Waals surface area contributed by atoms with Crippen LogP contribution in [0.1, 0.15) is 46.8 Å². The van der Waals surface area contributed by atoms with Gasteiger partial charge in [0.15, 0.2) is 11.5 Å². The number of aromatic amines is 1.